The van der Waals surface area contributed by atoms with Gasteiger partial charge in [0.15, 0.2) is 0 Å². The molecule has 0 aliphatic carbocycles. The Hall–Kier alpha value is -1.63. The van der Waals surface area contributed by atoms with Crippen LogP contribution in [0.2, 0.25) is 0 Å². The summed E-state index contributed by atoms with van der Waals surface area (Å²) in [5.74, 6) is 1.76. The van der Waals surface area contributed by atoms with Crippen LogP contribution < -0.4 is 15.5 Å². The predicted molar refractivity (Wildman–Crippen MR) is 73.3 cm³/mol. The fraction of sp³-hybridized carbons (Fsp3) is 0.727. The molecular formula is C11H22N6O. The SMILES string of the molecule is CCNc1nc(NCCOCC)nc(N(C)C)n1. The Balaban J connectivity index is 2.69. The summed E-state index contributed by atoms with van der Waals surface area (Å²) in [5.41, 5.74) is 0. The highest BCUT2D eigenvalue weighted by Crippen LogP contribution is 2.10. The Morgan fingerprint density at radius 2 is 1.72 bits per heavy atom. The Morgan fingerprint density at radius 1 is 1.06 bits per heavy atom. The van der Waals surface area contributed by atoms with E-state index in [2.05, 4.69) is 25.6 Å². The normalized spacial score (nSPS) is 10.2. The molecule has 2 N–H and O–H groups in total. The molecule has 1 aromatic heterocycles. The third kappa shape index (κ3) is 4.70. The maximum atomic E-state index is 5.25. The zero-order valence-electron chi connectivity index (χ0n) is 11.5. The first-order valence-electron chi connectivity index (χ1n) is 6.16. The third-order valence-corrected chi connectivity index (χ3v) is 2.09. The molecule has 0 aliphatic heterocycles. The summed E-state index contributed by atoms with van der Waals surface area (Å²) < 4.78 is 5.25. The van der Waals surface area contributed by atoms with Gasteiger partial charge < -0.3 is 20.3 Å². The molecule has 7 nitrogen and oxygen atoms in total. The first kappa shape index (κ1) is 14.4. The minimum atomic E-state index is 0.560. The summed E-state index contributed by atoms with van der Waals surface area (Å²) in [6.07, 6.45) is 0. The van der Waals surface area contributed by atoms with Gasteiger partial charge in [0, 0.05) is 33.8 Å². The molecule has 102 valence electrons. The molecule has 18 heavy (non-hydrogen) atoms. The van der Waals surface area contributed by atoms with Crippen LogP contribution in [0.25, 0.3) is 0 Å². The van der Waals surface area contributed by atoms with Gasteiger partial charge in [-0.15, -0.1) is 0 Å². The largest absolute Gasteiger partial charge is 0.380 e. The molecule has 7 heteroatoms. The van der Waals surface area contributed by atoms with E-state index in [-0.39, 0.29) is 0 Å². The zero-order chi connectivity index (χ0) is 13.4. The number of hydrogen-bond donors (Lipinski definition) is 2. The summed E-state index contributed by atoms with van der Waals surface area (Å²) in [4.78, 5) is 14.7. The van der Waals surface area contributed by atoms with Crippen molar-refractivity contribution in [1.29, 1.82) is 0 Å². The minimum absolute atomic E-state index is 0.560. The molecule has 0 unspecified atom stereocenters. The minimum Gasteiger partial charge on any atom is -0.380 e. The number of ether oxygens (including phenoxy) is 1. The van der Waals surface area contributed by atoms with Gasteiger partial charge in [-0.2, -0.15) is 15.0 Å². The predicted octanol–water partition coefficient (Wildman–Crippen LogP) is 0.818. The van der Waals surface area contributed by atoms with E-state index >= 15 is 0 Å². The van der Waals surface area contributed by atoms with E-state index in [1.165, 1.54) is 0 Å². The van der Waals surface area contributed by atoms with Crippen LogP contribution in [-0.4, -0.2) is 55.4 Å². The van der Waals surface area contributed by atoms with Crippen molar-refractivity contribution < 1.29 is 4.74 Å². The number of nitrogens with zero attached hydrogens (tertiary/aromatic N) is 4. The Bertz CT molecular complexity index is 357. The van der Waals surface area contributed by atoms with Crippen LogP contribution in [0.5, 0.6) is 0 Å². The molecule has 0 saturated carbocycles. The highest BCUT2D eigenvalue weighted by Gasteiger charge is 2.06. The average molecular weight is 254 g/mol. The average Bonchev–Trinajstić information content (AvgIpc) is 2.35. The maximum absolute atomic E-state index is 5.25. The lowest BCUT2D eigenvalue weighted by molar-refractivity contribution is 0.158. The molecule has 0 fully saturated rings. The standard InChI is InChI=1S/C11H22N6O/c1-5-12-9-14-10(13-7-8-18-6-2)16-11(15-9)17(3)4/h5-8H2,1-4H3,(H2,12,13,14,15,16). The van der Waals surface area contributed by atoms with Crippen LogP contribution in [0.3, 0.4) is 0 Å². The molecule has 1 rings (SSSR count). The number of rotatable bonds is 8. The molecule has 0 saturated heterocycles. The monoisotopic (exact) mass is 254 g/mol. The summed E-state index contributed by atoms with van der Waals surface area (Å²) in [5, 5.41) is 6.20. The second kappa shape index (κ2) is 7.65. The fourth-order valence-electron chi connectivity index (χ4n) is 1.26. The molecule has 0 amide bonds. The van der Waals surface area contributed by atoms with Gasteiger partial charge in [0.05, 0.1) is 6.61 Å². The van der Waals surface area contributed by atoms with Crippen LogP contribution in [0.1, 0.15) is 13.8 Å². The Kier molecular flexibility index (Phi) is 6.13. The van der Waals surface area contributed by atoms with Crippen molar-refractivity contribution in [2.24, 2.45) is 0 Å². The van der Waals surface area contributed by atoms with E-state index < -0.39 is 0 Å². The molecule has 0 bridgehead atoms. The quantitative estimate of drug-likeness (QED) is 0.665. The summed E-state index contributed by atoms with van der Waals surface area (Å²) in [6.45, 7) is 6.77. The first-order chi connectivity index (χ1) is 8.67. The highest BCUT2D eigenvalue weighted by molar-refractivity contribution is 5.42. The van der Waals surface area contributed by atoms with Gasteiger partial charge in [-0.05, 0) is 13.8 Å². The van der Waals surface area contributed by atoms with E-state index in [9.17, 15) is 0 Å². The van der Waals surface area contributed by atoms with Crippen LogP contribution in [0, 0.1) is 0 Å². The molecule has 1 aromatic rings. The van der Waals surface area contributed by atoms with Gasteiger partial charge in [-0.25, -0.2) is 0 Å². The molecule has 0 aliphatic rings. The summed E-state index contributed by atoms with van der Waals surface area (Å²) in [6, 6.07) is 0. The molecule has 0 aromatic carbocycles. The fourth-order valence-corrected chi connectivity index (χ4v) is 1.26. The van der Waals surface area contributed by atoms with Crippen LogP contribution in [-0.2, 0) is 4.74 Å². The van der Waals surface area contributed by atoms with Crippen molar-refractivity contribution in [3.05, 3.63) is 0 Å². The molecule has 0 atom stereocenters. The van der Waals surface area contributed by atoms with E-state index in [1.807, 2.05) is 32.8 Å². The Morgan fingerprint density at radius 3 is 2.28 bits per heavy atom. The van der Waals surface area contributed by atoms with Gasteiger partial charge in [-0.3, -0.25) is 0 Å². The van der Waals surface area contributed by atoms with Gasteiger partial charge >= 0.3 is 0 Å². The number of aromatic nitrogens is 3. The summed E-state index contributed by atoms with van der Waals surface area (Å²) in [7, 11) is 3.80. The maximum Gasteiger partial charge on any atom is 0.231 e. The van der Waals surface area contributed by atoms with E-state index in [4.69, 9.17) is 4.74 Å². The Labute approximate surface area is 108 Å². The lowest BCUT2D eigenvalue weighted by atomic mass is 10.6. The van der Waals surface area contributed by atoms with Crippen molar-refractivity contribution in [3.63, 3.8) is 0 Å². The van der Waals surface area contributed by atoms with Gasteiger partial charge in [0.2, 0.25) is 17.8 Å². The lowest BCUT2D eigenvalue weighted by Crippen LogP contribution is -2.18. The topological polar surface area (TPSA) is 75.2 Å². The second-order valence-electron chi connectivity index (χ2n) is 3.83. The number of anilines is 3. The van der Waals surface area contributed by atoms with Crippen molar-refractivity contribution in [3.8, 4) is 0 Å². The lowest BCUT2D eigenvalue weighted by Gasteiger charge is -2.13. The number of nitrogens with one attached hydrogen (secondary N) is 2. The van der Waals surface area contributed by atoms with Crippen molar-refractivity contribution in [2.45, 2.75) is 13.8 Å². The van der Waals surface area contributed by atoms with Crippen molar-refractivity contribution in [2.75, 3.05) is 55.9 Å². The van der Waals surface area contributed by atoms with Crippen LogP contribution >= 0.6 is 0 Å². The molecule has 0 radical (unpaired) electrons. The summed E-state index contributed by atoms with van der Waals surface area (Å²) >= 11 is 0. The highest BCUT2D eigenvalue weighted by atomic mass is 16.5. The van der Waals surface area contributed by atoms with Crippen molar-refractivity contribution in [1.82, 2.24) is 15.0 Å². The van der Waals surface area contributed by atoms with E-state index in [0.717, 1.165) is 6.54 Å². The third-order valence-electron chi connectivity index (χ3n) is 2.09. The smallest absolute Gasteiger partial charge is 0.231 e. The zero-order valence-corrected chi connectivity index (χ0v) is 11.5. The molecule has 0 spiro atoms. The molecule has 1 heterocycles. The van der Waals surface area contributed by atoms with Gasteiger partial charge in [0.1, 0.15) is 0 Å². The number of hydrogen-bond acceptors (Lipinski definition) is 7. The second-order valence-corrected chi connectivity index (χ2v) is 3.83. The molecular weight excluding hydrogens is 232 g/mol. The van der Waals surface area contributed by atoms with Crippen molar-refractivity contribution >= 4 is 17.8 Å². The van der Waals surface area contributed by atoms with Crippen LogP contribution in [0.4, 0.5) is 17.8 Å². The van der Waals surface area contributed by atoms with E-state index in [0.29, 0.717) is 37.6 Å². The van der Waals surface area contributed by atoms with Crippen LogP contribution in [0.15, 0.2) is 0 Å². The van der Waals surface area contributed by atoms with E-state index in [1.54, 1.807) is 0 Å². The van der Waals surface area contributed by atoms with Gasteiger partial charge in [-0.1, -0.05) is 0 Å². The van der Waals surface area contributed by atoms with Gasteiger partial charge in [0.25, 0.3) is 0 Å². The first-order valence-corrected chi connectivity index (χ1v) is 6.16.